The number of rotatable bonds is 8. The van der Waals surface area contributed by atoms with Crippen molar-refractivity contribution in [2.75, 3.05) is 22.9 Å². The monoisotopic (exact) mass is 481 g/mol. The summed E-state index contributed by atoms with van der Waals surface area (Å²) < 4.78 is 6.81. The van der Waals surface area contributed by atoms with E-state index in [1.54, 1.807) is 12.1 Å². The predicted octanol–water partition coefficient (Wildman–Crippen LogP) is 2.55. The number of hydrogen-bond donors (Lipinski definition) is 3. The molecule has 11 heteroatoms. The highest BCUT2D eigenvalue weighted by molar-refractivity contribution is 7.99. The first-order valence-electron chi connectivity index (χ1n) is 10.6. The number of anilines is 2. The summed E-state index contributed by atoms with van der Waals surface area (Å²) in [6, 6.07) is 14.0. The van der Waals surface area contributed by atoms with Gasteiger partial charge < -0.3 is 20.2 Å². The number of fused-ring (bicyclic) bond motifs is 1. The van der Waals surface area contributed by atoms with Crippen molar-refractivity contribution < 1.29 is 14.3 Å². The van der Waals surface area contributed by atoms with E-state index in [1.165, 1.54) is 15.5 Å². The Morgan fingerprint density at radius 2 is 1.97 bits per heavy atom. The molecular formula is C23H23N5O5S. The Labute approximate surface area is 198 Å². The van der Waals surface area contributed by atoms with Gasteiger partial charge in [0.1, 0.15) is 11.6 Å². The van der Waals surface area contributed by atoms with Crippen molar-refractivity contribution in [3.63, 3.8) is 0 Å². The van der Waals surface area contributed by atoms with Gasteiger partial charge in [0.2, 0.25) is 5.91 Å². The van der Waals surface area contributed by atoms with Gasteiger partial charge in [-0.15, -0.1) is 0 Å². The number of carbonyl (C=O) groups excluding carboxylic acids is 1. The fourth-order valence-electron chi connectivity index (χ4n) is 3.52. The Morgan fingerprint density at radius 1 is 1.21 bits per heavy atom. The van der Waals surface area contributed by atoms with E-state index in [0.29, 0.717) is 17.5 Å². The van der Waals surface area contributed by atoms with Gasteiger partial charge in [-0.25, -0.2) is 4.79 Å². The largest absolute Gasteiger partial charge is 0.506 e. The number of aromatic hydroxyl groups is 1. The number of thioether (sulfide) groups is 1. The minimum Gasteiger partial charge on any atom is -0.506 e. The van der Waals surface area contributed by atoms with Gasteiger partial charge in [-0.05, 0) is 24.1 Å². The van der Waals surface area contributed by atoms with Crippen LogP contribution in [0.5, 0.6) is 5.75 Å². The number of H-pyrrole nitrogens is 1. The van der Waals surface area contributed by atoms with Gasteiger partial charge in [-0.2, -0.15) is 4.98 Å². The predicted molar refractivity (Wildman–Crippen MR) is 130 cm³/mol. The van der Waals surface area contributed by atoms with E-state index in [1.807, 2.05) is 37.3 Å². The lowest BCUT2D eigenvalue weighted by Crippen LogP contribution is -2.42. The number of nitrogens with two attached hydrogens (primary N) is 1. The van der Waals surface area contributed by atoms with Gasteiger partial charge >= 0.3 is 5.69 Å². The van der Waals surface area contributed by atoms with E-state index in [9.17, 15) is 19.5 Å². The summed E-state index contributed by atoms with van der Waals surface area (Å²) in [4.78, 5) is 46.1. The Balaban J connectivity index is 1.62. The minimum absolute atomic E-state index is 0.0213. The van der Waals surface area contributed by atoms with Crippen molar-refractivity contribution in [3.8, 4) is 5.75 Å². The van der Waals surface area contributed by atoms with Crippen molar-refractivity contribution in [1.29, 1.82) is 0 Å². The van der Waals surface area contributed by atoms with Crippen LogP contribution in [0.4, 0.5) is 11.5 Å². The van der Waals surface area contributed by atoms with Crippen LogP contribution in [0.25, 0.3) is 11.1 Å². The first-order chi connectivity index (χ1) is 16.4. The molecule has 4 aromatic rings. The standard InChI is InChI=1S/C23H23N5O5S/c1-2-11-27(17(30)13-34-23-25-18-15(29)9-6-10-16(18)33-23)19-20(24)28(22(32)26-21(19)31)12-14-7-4-3-5-8-14/h3-10,29H,2,11-13,24H2,1H3,(H,26,31,32). The molecule has 4 rings (SSSR count). The van der Waals surface area contributed by atoms with Crippen molar-refractivity contribution in [2.45, 2.75) is 25.1 Å². The number of aromatic amines is 1. The van der Waals surface area contributed by atoms with E-state index in [2.05, 4.69) is 9.97 Å². The molecule has 1 amide bonds. The molecule has 0 unspecified atom stereocenters. The first kappa shape index (κ1) is 23.2. The summed E-state index contributed by atoms with van der Waals surface area (Å²) in [5, 5.41) is 10.1. The lowest BCUT2D eigenvalue weighted by atomic mass is 10.2. The van der Waals surface area contributed by atoms with E-state index < -0.39 is 17.2 Å². The van der Waals surface area contributed by atoms with Gasteiger partial charge in [0, 0.05) is 6.54 Å². The van der Waals surface area contributed by atoms with Crippen LogP contribution in [0.15, 0.2) is 67.8 Å². The number of oxazole rings is 1. The molecule has 2 aromatic heterocycles. The van der Waals surface area contributed by atoms with Crippen molar-refractivity contribution in [1.82, 2.24) is 14.5 Å². The number of aromatic nitrogens is 3. The highest BCUT2D eigenvalue weighted by Gasteiger charge is 2.24. The zero-order chi connectivity index (χ0) is 24.2. The summed E-state index contributed by atoms with van der Waals surface area (Å²) >= 11 is 1.03. The van der Waals surface area contributed by atoms with Gasteiger partial charge in [-0.1, -0.05) is 55.1 Å². The van der Waals surface area contributed by atoms with Crippen LogP contribution >= 0.6 is 11.8 Å². The number of nitrogens with zero attached hydrogens (tertiary/aromatic N) is 3. The molecule has 0 spiro atoms. The molecule has 0 bridgehead atoms. The van der Waals surface area contributed by atoms with E-state index in [0.717, 1.165) is 17.3 Å². The van der Waals surface area contributed by atoms with Gasteiger partial charge in [-0.3, -0.25) is 19.1 Å². The van der Waals surface area contributed by atoms with E-state index in [4.69, 9.17) is 10.2 Å². The Kier molecular flexibility index (Phi) is 6.73. The molecule has 0 fully saturated rings. The molecule has 2 aromatic carbocycles. The normalized spacial score (nSPS) is 11.1. The molecule has 0 saturated carbocycles. The molecular weight excluding hydrogens is 458 g/mol. The Hall–Kier alpha value is -3.99. The second-order valence-electron chi connectivity index (χ2n) is 7.50. The molecule has 0 saturated heterocycles. The third kappa shape index (κ3) is 4.69. The number of nitrogens with one attached hydrogen (secondary N) is 1. The Bertz CT molecular complexity index is 1440. The molecule has 0 radical (unpaired) electrons. The molecule has 0 aliphatic rings. The maximum atomic E-state index is 13.1. The fraction of sp³-hybridized carbons (Fsp3) is 0.217. The van der Waals surface area contributed by atoms with Crippen LogP contribution in [0.3, 0.4) is 0 Å². The van der Waals surface area contributed by atoms with E-state index in [-0.39, 0.29) is 41.3 Å². The smallest absolute Gasteiger partial charge is 0.330 e. The molecule has 2 heterocycles. The summed E-state index contributed by atoms with van der Waals surface area (Å²) in [6.45, 7) is 2.23. The summed E-state index contributed by atoms with van der Waals surface area (Å²) in [7, 11) is 0. The number of nitrogen functional groups attached to an aromatic ring is 1. The van der Waals surface area contributed by atoms with Crippen molar-refractivity contribution in [2.24, 2.45) is 0 Å². The fourth-order valence-corrected chi connectivity index (χ4v) is 4.23. The molecule has 34 heavy (non-hydrogen) atoms. The molecule has 10 nitrogen and oxygen atoms in total. The number of hydrogen-bond acceptors (Lipinski definition) is 8. The van der Waals surface area contributed by atoms with E-state index >= 15 is 0 Å². The maximum absolute atomic E-state index is 13.1. The van der Waals surface area contributed by atoms with Gasteiger partial charge in [0.05, 0.1) is 12.3 Å². The summed E-state index contributed by atoms with van der Waals surface area (Å²) in [5.74, 6) is -0.603. The number of benzene rings is 2. The lowest BCUT2D eigenvalue weighted by Gasteiger charge is -2.24. The third-order valence-electron chi connectivity index (χ3n) is 5.11. The lowest BCUT2D eigenvalue weighted by molar-refractivity contribution is -0.116. The second kappa shape index (κ2) is 9.87. The van der Waals surface area contributed by atoms with Crippen LogP contribution in [0.1, 0.15) is 18.9 Å². The van der Waals surface area contributed by atoms with Crippen LogP contribution in [-0.4, -0.2) is 37.8 Å². The SMILES string of the molecule is CCCN(C(=O)CSc1nc2c(O)cccc2o1)c1c(N)n(Cc2ccccc2)c(=O)[nH]c1=O. The highest BCUT2D eigenvalue weighted by atomic mass is 32.2. The summed E-state index contributed by atoms with van der Waals surface area (Å²) in [5.41, 5.74) is 6.32. The van der Waals surface area contributed by atoms with Crippen molar-refractivity contribution in [3.05, 3.63) is 74.9 Å². The Morgan fingerprint density at radius 3 is 2.68 bits per heavy atom. The number of phenols is 1. The number of amides is 1. The zero-order valence-electron chi connectivity index (χ0n) is 18.4. The minimum atomic E-state index is -0.731. The molecule has 0 atom stereocenters. The summed E-state index contributed by atoms with van der Waals surface area (Å²) in [6.07, 6.45) is 0.559. The molecule has 0 aliphatic heterocycles. The number of para-hydroxylation sites is 1. The highest BCUT2D eigenvalue weighted by Crippen LogP contribution is 2.29. The maximum Gasteiger partial charge on any atom is 0.330 e. The van der Waals surface area contributed by atoms with Crippen LogP contribution in [0.2, 0.25) is 0 Å². The van der Waals surface area contributed by atoms with Gasteiger partial charge in [0.15, 0.2) is 16.8 Å². The molecule has 0 aliphatic carbocycles. The number of carbonyl (C=O) groups is 1. The molecule has 176 valence electrons. The van der Waals surface area contributed by atoms with Crippen molar-refractivity contribution >= 4 is 40.3 Å². The topological polar surface area (TPSA) is 147 Å². The number of phenolic OH excluding ortho intramolecular Hbond substituents is 1. The zero-order valence-corrected chi connectivity index (χ0v) is 19.2. The van der Waals surface area contributed by atoms with Crippen LogP contribution in [-0.2, 0) is 11.3 Å². The average Bonchev–Trinajstić information content (AvgIpc) is 3.25. The van der Waals surface area contributed by atoms with Gasteiger partial charge in [0.25, 0.3) is 10.8 Å². The second-order valence-corrected chi connectivity index (χ2v) is 8.43. The van der Waals surface area contributed by atoms with Crippen LogP contribution in [0, 0.1) is 0 Å². The average molecular weight is 482 g/mol. The molecule has 4 N–H and O–H groups in total. The van der Waals surface area contributed by atoms with Crippen LogP contribution < -0.4 is 21.9 Å². The quantitative estimate of drug-likeness (QED) is 0.325. The third-order valence-corrected chi connectivity index (χ3v) is 5.93. The first-order valence-corrected chi connectivity index (χ1v) is 11.6.